The fourth-order valence-electron chi connectivity index (χ4n) is 2.64. The second kappa shape index (κ2) is 33.8. The van der Waals surface area contributed by atoms with E-state index < -0.39 is 29.6 Å². The molecule has 0 spiro atoms. The van der Waals surface area contributed by atoms with E-state index in [1.54, 1.807) is 0 Å². The second-order valence-electron chi connectivity index (χ2n) is 6.89. The number of nitrogens with zero attached hydrogens (tertiary/aromatic N) is 1. The van der Waals surface area contributed by atoms with E-state index >= 15 is 0 Å². The van der Waals surface area contributed by atoms with Gasteiger partial charge in [-0.05, 0) is 25.7 Å². The van der Waals surface area contributed by atoms with E-state index in [4.69, 9.17) is 40.2 Å². The molecule has 0 saturated carbocycles. The summed E-state index contributed by atoms with van der Waals surface area (Å²) in [6.07, 6.45) is 11.1. The Balaban J connectivity index is -0.000000132. The minimum absolute atomic E-state index is 1.35. The van der Waals surface area contributed by atoms with Gasteiger partial charge in [-0.3, -0.25) is 17.3 Å². The van der Waals surface area contributed by atoms with Crippen LogP contribution in [0.1, 0.15) is 79.1 Å². The summed E-state index contributed by atoms with van der Waals surface area (Å²) in [6.45, 7) is 15.0. The molecule has 0 atom stereocenters. The Hall–Kier alpha value is -0.380. The molecule has 200 valence electrons. The average molecular weight is 498 g/mol. The van der Waals surface area contributed by atoms with Crippen molar-refractivity contribution in [2.75, 3.05) is 26.2 Å². The Morgan fingerprint density at radius 1 is 0.424 bits per heavy atom. The smallest absolute Gasteiger partial charge is 0.398 e. The first-order valence-corrected chi connectivity index (χ1v) is 11.0. The molecule has 0 heterocycles. The summed E-state index contributed by atoms with van der Waals surface area (Å²) >= 11 is 0. The lowest BCUT2D eigenvalue weighted by Crippen LogP contribution is -2.50. The molecule has 0 bridgehead atoms. The van der Waals surface area contributed by atoms with Gasteiger partial charge in [0.15, 0.2) is 0 Å². The third-order valence-corrected chi connectivity index (χ3v) is 3.94. The van der Waals surface area contributed by atoms with Gasteiger partial charge in [-0.25, -0.2) is 0 Å². The molecule has 0 rings (SSSR count). The van der Waals surface area contributed by atoms with Crippen molar-refractivity contribution in [3.05, 3.63) is 0 Å². The van der Waals surface area contributed by atoms with E-state index in [0.717, 1.165) is 0 Å². The number of hydrogen-bond acceptors (Lipinski definition) is 8. The average Bonchev–Trinajstić information content (AvgIpc) is 2.65. The molecule has 0 aliphatic carbocycles. The molecule has 0 radical (unpaired) electrons. The molecular formula is C16H44B4F4NO8+. The summed E-state index contributed by atoms with van der Waals surface area (Å²) in [5.41, 5.74) is 0. The first kappa shape index (κ1) is 42.8. The summed E-state index contributed by atoms with van der Waals surface area (Å²) in [5.74, 6) is 0. The van der Waals surface area contributed by atoms with Gasteiger partial charge in [-0.2, -0.15) is 0 Å². The summed E-state index contributed by atoms with van der Waals surface area (Å²) in [7, 11) is -10.7. The van der Waals surface area contributed by atoms with Crippen LogP contribution in [0.15, 0.2) is 0 Å². The van der Waals surface area contributed by atoms with E-state index in [9.17, 15) is 17.3 Å². The Morgan fingerprint density at radius 3 is 0.636 bits per heavy atom. The Kier molecular flexibility index (Phi) is 43.8. The van der Waals surface area contributed by atoms with Gasteiger partial charge in [0.05, 0.1) is 26.2 Å². The van der Waals surface area contributed by atoms with Crippen LogP contribution in [0.2, 0.25) is 0 Å². The van der Waals surface area contributed by atoms with E-state index in [2.05, 4.69) is 27.7 Å². The minimum atomic E-state index is -2.67. The molecule has 0 aromatic carbocycles. The highest BCUT2D eigenvalue weighted by Crippen LogP contribution is 2.16. The molecule has 0 fully saturated rings. The highest BCUT2D eigenvalue weighted by Gasteiger charge is 2.24. The van der Waals surface area contributed by atoms with Crippen molar-refractivity contribution in [2.45, 2.75) is 79.1 Å². The quantitative estimate of drug-likeness (QED) is 0.111. The van der Waals surface area contributed by atoms with E-state index in [-0.39, 0.29) is 0 Å². The van der Waals surface area contributed by atoms with Crippen LogP contribution in [0.5, 0.6) is 0 Å². The Bertz CT molecular complexity index is 274. The van der Waals surface area contributed by atoms with Crippen molar-refractivity contribution in [3.63, 3.8) is 0 Å². The molecule has 0 aromatic heterocycles. The first-order valence-electron chi connectivity index (χ1n) is 11.0. The van der Waals surface area contributed by atoms with Crippen LogP contribution in [0.25, 0.3) is 0 Å². The van der Waals surface area contributed by atoms with E-state index in [0.29, 0.717) is 0 Å². The topological polar surface area (TPSA) is 162 Å². The van der Waals surface area contributed by atoms with Crippen LogP contribution in [-0.2, 0) is 0 Å². The van der Waals surface area contributed by atoms with Crippen molar-refractivity contribution in [2.24, 2.45) is 0 Å². The minimum Gasteiger partial charge on any atom is -0.398 e. The fourth-order valence-corrected chi connectivity index (χ4v) is 2.64. The molecular weight excluding hydrogens is 453 g/mol. The molecule has 0 amide bonds. The van der Waals surface area contributed by atoms with Gasteiger partial charge in [0.25, 0.3) is 0 Å². The zero-order chi connectivity index (χ0) is 27.3. The molecule has 33 heavy (non-hydrogen) atoms. The normalized spacial score (nSPS) is 9.45. The monoisotopic (exact) mass is 498 g/mol. The third-order valence-electron chi connectivity index (χ3n) is 3.94. The zero-order valence-corrected chi connectivity index (χ0v) is 20.3. The molecule has 8 N–H and O–H groups in total. The van der Waals surface area contributed by atoms with Crippen LogP contribution in [-0.4, -0.2) is 100 Å². The lowest BCUT2D eigenvalue weighted by atomic mass is 10.1. The van der Waals surface area contributed by atoms with Gasteiger partial charge in [-0.15, -0.1) is 0 Å². The zero-order valence-electron chi connectivity index (χ0n) is 20.3. The number of unbranched alkanes of at least 4 members (excludes halogenated alkanes) is 4. The van der Waals surface area contributed by atoms with Crippen LogP contribution in [0.4, 0.5) is 17.3 Å². The lowest BCUT2D eigenvalue weighted by Gasteiger charge is -2.39. The summed E-state index contributed by atoms with van der Waals surface area (Å²) in [5, 5.41) is 55.6. The fraction of sp³-hybridized carbons (Fsp3) is 1.00. The van der Waals surface area contributed by atoms with Crippen LogP contribution in [0.3, 0.4) is 0 Å². The third kappa shape index (κ3) is 72.1. The number of rotatable bonds is 12. The van der Waals surface area contributed by atoms with Crippen molar-refractivity contribution in [1.29, 1.82) is 0 Å². The number of hydrogen-bond donors (Lipinski definition) is 8. The Labute approximate surface area is 197 Å². The molecule has 0 aliphatic rings. The molecule has 0 aliphatic heterocycles. The molecule has 0 unspecified atom stereocenters. The maximum atomic E-state index is 10.1. The molecule has 0 aromatic rings. The van der Waals surface area contributed by atoms with Crippen molar-refractivity contribution >= 4 is 29.6 Å². The van der Waals surface area contributed by atoms with Gasteiger partial charge >= 0.3 is 29.6 Å². The maximum absolute atomic E-state index is 10.1. The highest BCUT2D eigenvalue weighted by molar-refractivity contribution is 6.32. The Morgan fingerprint density at radius 2 is 0.545 bits per heavy atom. The second-order valence-corrected chi connectivity index (χ2v) is 6.89. The van der Waals surface area contributed by atoms with Gasteiger partial charge in [0.1, 0.15) is 0 Å². The molecule has 0 saturated heterocycles. The van der Waals surface area contributed by atoms with Gasteiger partial charge < -0.3 is 44.7 Å². The van der Waals surface area contributed by atoms with Crippen molar-refractivity contribution < 1.29 is 61.9 Å². The molecule has 17 heteroatoms. The van der Waals surface area contributed by atoms with Crippen molar-refractivity contribution in [1.82, 2.24) is 0 Å². The van der Waals surface area contributed by atoms with Gasteiger partial charge in [-0.1, -0.05) is 53.4 Å². The summed E-state index contributed by atoms with van der Waals surface area (Å²) < 4.78 is 41.9. The lowest BCUT2D eigenvalue weighted by molar-refractivity contribution is -0.929. The molecule has 9 nitrogen and oxygen atoms in total. The SMILES string of the molecule is CCCC[N+](CCCC)(CCCC)CCCC.OB(O)F.OB(O)F.OB(O)F.OB(O)F. The first-order chi connectivity index (χ1) is 15.2. The van der Waals surface area contributed by atoms with Crippen LogP contribution in [0, 0.1) is 0 Å². The highest BCUT2D eigenvalue weighted by atomic mass is 19.1. The van der Waals surface area contributed by atoms with E-state index in [1.165, 1.54) is 82.0 Å². The van der Waals surface area contributed by atoms with Gasteiger partial charge in [0.2, 0.25) is 0 Å². The van der Waals surface area contributed by atoms with E-state index in [1.807, 2.05) is 0 Å². The predicted octanol–water partition coefficient (Wildman–Crippen LogP) is 0.705. The maximum Gasteiger partial charge on any atom is 0.674 e. The van der Waals surface area contributed by atoms with Crippen molar-refractivity contribution in [3.8, 4) is 0 Å². The predicted molar refractivity (Wildman–Crippen MR) is 125 cm³/mol. The summed E-state index contributed by atoms with van der Waals surface area (Å²) in [6, 6.07) is 0. The van der Waals surface area contributed by atoms with Crippen LogP contribution < -0.4 is 0 Å². The standard InChI is InChI=1S/C16H36N.4BFH2O2/c1-5-9-13-17(14-10-6-2,15-11-7-3)16-12-8-4;4*2-1(3)4/h5-16H2,1-4H3;4*3-4H/q+1;;;;. The largest absolute Gasteiger partial charge is 0.674 e. The number of quaternary nitrogens is 1. The number of halogens is 4. The summed E-state index contributed by atoms with van der Waals surface area (Å²) in [4.78, 5) is 0. The van der Waals surface area contributed by atoms with Gasteiger partial charge in [0, 0.05) is 0 Å². The van der Waals surface area contributed by atoms with Crippen LogP contribution >= 0.6 is 0 Å².